The molecule has 1 aromatic heterocycles. The number of aromatic nitrogens is 2. The predicted octanol–water partition coefficient (Wildman–Crippen LogP) is 3.30. The van der Waals surface area contributed by atoms with Gasteiger partial charge in [-0.05, 0) is 55.3 Å². The number of halogens is 1. The molecule has 9 heteroatoms. The van der Waals surface area contributed by atoms with E-state index >= 15 is 0 Å². The smallest absolute Gasteiger partial charge is 0.332 e. The normalized spacial score (nSPS) is 17.1. The molecule has 0 unspecified atom stereocenters. The molecule has 0 radical (unpaired) electrons. The van der Waals surface area contributed by atoms with Crippen LogP contribution >= 0.6 is 0 Å². The standard InChI is InChI=1S/C25H24FN5O3/c1-28-22(15-21(27-28)17-7-9-18(26)10-8-17)24(33)29-13-11-19(12-14-29)30-16-23(32)31(25(30)34)20-5-3-2-4-6-20/h2-10,15,19H,11-14,16H2,1H3. The molecule has 2 aromatic carbocycles. The molecule has 5 rings (SSSR count). The number of carbonyl (C=O) groups is 3. The van der Waals surface area contributed by atoms with Crippen molar-refractivity contribution in [1.82, 2.24) is 19.6 Å². The fourth-order valence-corrected chi connectivity index (χ4v) is 4.61. The number of piperidine rings is 1. The van der Waals surface area contributed by atoms with Crippen LogP contribution in [0.15, 0.2) is 60.7 Å². The van der Waals surface area contributed by atoms with Gasteiger partial charge >= 0.3 is 6.03 Å². The maximum Gasteiger partial charge on any atom is 0.332 e. The number of likely N-dealkylation sites (tertiary alicyclic amines) is 1. The van der Waals surface area contributed by atoms with E-state index in [4.69, 9.17) is 0 Å². The number of hydrogen-bond donors (Lipinski definition) is 0. The lowest BCUT2D eigenvalue weighted by molar-refractivity contribution is -0.116. The zero-order valence-electron chi connectivity index (χ0n) is 18.7. The summed E-state index contributed by atoms with van der Waals surface area (Å²) in [6.45, 7) is 1.00. The molecule has 3 heterocycles. The number of imide groups is 1. The Hall–Kier alpha value is -4.01. The van der Waals surface area contributed by atoms with Crippen LogP contribution in [-0.4, -0.2) is 63.1 Å². The summed E-state index contributed by atoms with van der Waals surface area (Å²) in [5, 5.41) is 4.41. The number of anilines is 1. The van der Waals surface area contributed by atoms with Crippen LogP contribution in [0.4, 0.5) is 14.9 Å². The molecule has 0 saturated carbocycles. The first-order valence-corrected chi connectivity index (χ1v) is 11.2. The van der Waals surface area contributed by atoms with E-state index in [1.807, 2.05) is 6.07 Å². The van der Waals surface area contributed by atoms with Gasteiger partial charge in [0.2, 0.25) is 0 Å². The molecular formula is C25H24FN5O3. The van der Waals surface area contributed by atoms with E-state index in [0.29, 0.717) is 43.0 Å². The van der Waals surface area contributed by atoms with Gasteiger partial charge in [0.05, 0.1) is 11.4 Å². The zero-order chi connectivity index (χ0) is 23.8. The van der Waals surface area contributed by atoms with E-state index in [1.165, 1.54) is 21.7 Å². The van der Waals surface area contributed by atoms with E-state index in [1.54, 1.807) is 59.3 Å². The lowest BCUT2D eigenvalue weighted by Crippen LogP contribution is -2.48. The number of aryl methyl sites for hydroxylation is 1. The molecule has 2 aliphatic heterocycles. The Labute approximate surface area is 196 Å². The van der Waals surface area contributed by atoms with Crippen LogP contribution in [0.3, 0.4) is 0 Å². The van der Waals surface area contributed by atoms with Crippen molar-refractivity contribution in [2.75, 3.05) is 24.5 Å². The number of nitrogens with zero attached hydrogens (tertiary/aromatic N) is 5. The highest BCUT2D eigenvalue weighted by Crippen LogP contribution is 2.27. The Morgan fingerprint density at radius 1 is 1.00 bits per heavy atom. The Bertz CT molecular complexity index is 1230. The number of urea groups is 1. The third-order valence-electron chi connectivity index (χ3n) is 6.44. The summed E-state index contributed by atoms with van der Waals surface area (Å²) < 4.78 is 14.8. The highest BCUT2D eigenvalue weighted by atomic mass is 19.1. The molecule has 0 aliphatic carbocycles. The lowest BCUT2D eigenvalue weighted by Gasteiger charge is -2.36. The number of para-hydroxylation sites is 1. The molecule has 8 nitrogen and oxygen atoms in total. The second-order valence-corrected chi connectivity index (χ2v) is 8.54. The zero-order valence-corrected chi connectivity index (χ0v) is 18.7. The van der Waals surface area contributed by atoms with Gasteiger partial charge in [-0.2, -0.15) is 5.10 Å². The lowest BCUT2D eigenvalue weighted by atomic mass is 10.0. The minimum atomic E-state index is -0.330. The molecule has 0 bridgehead atoms. The van der Waals surface area contributed by atoms with Gasteiger partial charge in [-0.25, -0.2) is 14.1 Å². The summed E-state index contributed by atoms with van der Waals surface area (Å²) >= 11 is 0. The van der Waals surface area contributed by atoms with Crippen molar-refractivity contribution in [2.45, 2.75) is 18.9 Å². The first-order valence-electron chi connectivity index (χ1n) is 11.2. The minimum absolute atomic E-state index is 0.0507. The second kappa shape index (κ2) is 8.74. The van der Waals surface area contributed by atoms with Crippen LogP contribution in [0.2, 0.25) is 0 Å². The predicted molar refractivity (Wildman–Crippen MR) is 124 cm³/mol. The van der Waals surface area contributed by atoms with Gasteiger partial charge in [0, 0.05) is 31.7 Å². The largest absolute Gasteiger partial charge is 0.337 e. The molecule has 4 amide bonds. The van der Waals surface area contributed by atoms with Gasteiger partial charge in [-0.15, -0.1) is 0 Å². The summed E-state index contributed by atoms with van der Waals surface area (Å²) in [5.74, 6) is -0.710. The first kappa shape index (κ1) is 21.8. The molecule has 2 aliphatic rings. The van der Waals surface area contributed by atoms with Crippen molar-refractivity contribution in [3.05, 3.63) is 72.2 Å². The molecule has 3 aromatic rings. The maximum absolute atomic E-state index is 13.2. The van der Waals surface area contributed by atoms with Crippen molar-refractivity contribution in [3.63, 3.8) is 0 Å². The molecule has 174 valence electrons. The maximum atomic E-state index is 13.2. The molecule has 2 fully saturated rings. The molecular weight excluding hydrogens is 437 g/mol. The van der Waals surface area contributed by atoms with Gasteiger partial charge in [-0.1, -0.05) is 18.2 Å². The monoisotopic (exact) mass is 461 g/mol. The van der Waals surface area contributed by atoms with Gasteiger partial charge in [0.1, 0.15) is 18.1 Å². The van der Waals surface area contributed by atoms with Crippen molar-refractivity contribution < 1.29 is 18.8 Å². The van der Waals surface area contributed by atoms with Gasteiger partial charge in [0.25, 0.3) is 11.8 Å². The number of rotatable bonds is 4. The van der Waals surface area contributed by atoms with Crippen molar-refractivity contribution >= 4 is 23.5 Å². The molecule has 0 N–H and O–H groups in total. The third kappa shape index (κ3) is 3.93. The summed E-state index contributed by atoms with van der Waals surface area (Å²) in [6.07, 6.45) is 1.19. The van der Waals surface area contributed by atoms with Crippen molar-refractivity contribution in [1.29, 1.82) is 0 Å². The number of benzene rings is 2. The summed E-state index contributed by atoms with van der Waals surface area (Å²) in [5.41, 5.74) is 2.35. The van der Waals surface area contributed by atoms with E-state index in [-0.39, 0.29) is 36.2 Å². The van der Waals surface area contributed by atoms with Crippen molar-refractivity contribution in [2.24, 2.45) is 7.05 Å². The number of carbonyl (C=O) groups excluding carboxylic acids is 3. The van der Waals surface area contributed by atoms with Gasteiger partial charge in [-0.3, -0.25) is 14.3 Å². The fourth-order valence-electron chi connectivity index (χ4n) is 4.61. The second-order valence-electron chi connectivity index (χ2n) is 8.54. The highest BCUT2D eigenvalue weighted by molar-refractivity contribution is 6.19. The summed E-state index contributed by atoms with van der Waals surface area (Å²) in [4.78, 5) is 43.3. The van der Waals surface area contributed by atoms with E-state index in [9.17, 15) is 18.8 Å². The van der Waals surface area contributed by atoms with Crippen molar-refractivity contribution in [3.8, 4) is 11.3 Å². The van der Waals surface area contributed by atoms with Crippen LogP contribution in [-0.2, 0) is 11.8 Å². The van der Waals surface area contributed by atoms with E-state index in [2.05, 4.69) is 5.10 Å². The van der Waals surface area contributed by atoms with Crippen LogP contribution in [0.5, 0.6) is 0 Å². The number of amides is 4. The van der Waals surface area contributed by atoms with Crippen LogP contribution in [0.25, 0.3) is 11.3 Å². The molecule has 0 spiro atoms. The number of hydrogen-bond acceptors (Lipinski definition) is 4. The first-order chi connectivity index (χ1) is 16.4. The average molecular weight is 461 g/mol. The van der Waals surface area contributed by atoms with Crippen LogP contribution < -0.4 is 4.90 Å². The van der Waals surface area contributed by atoms with Crippen LogP contribution in [0, 0.1) is 5.82 Å². The third-order valence-corrected chi connectivity index (χ3v) is 6.44. The Balaban J connectivity index is 1.24. The highest BCUT2D eigenvalue weighted by Gasteiger charge is 2.42. The Morgan fingerprint density at radius 2 is 1.68 bits per heavy atom. The molecule has 34 heavy (non-hydrogen) atoms. The fraction of sp³-hybridized carbons (Fsp3) is 0.280. The Morgan fingerprint density at radius 3 is 2.35 bits per heavy atom. The SMILES string of the molecule is Cn1nc(-c2ccc(F)cc2)cc1C(=O)N1CCC(N2CC(=O)N(c3ccccc3)C2=O)CC1. The topological polar surface area (TPSA) is 78.8 Å². The molecule has 0 atom stereocenters. The minimum Gasteiger partial charge on any atom is -0.337 e. The van der Waals surface area contributed by atoms with Gasteiger partial charge in [0.15, 0.2) is 0 Å². The summed E-state index contributed by atoms with van der Waals surface area (Å²) in [6, 6.07) is 16.2. The Kier molecular flexibility index (Phi) is 5.61. The van der Waals surface area contributed by atoms with Crippen LogP contribution in [0.1, 0.15) is 23.3 Å². The average Bonchev–Trinajstić information content (AvgIpc) is 3.38. The summed E-state index contributed by atoms with van der Waals surface area (Å²) in [7, 11) is 1.71. The molecule has 2 saturated heterocycles. The van der Waals surface area contributed by atoms with Gasteiger partial charge < -0.3 is 9.80 Å². The van der Waals surface area contributed by atoms with E-state index < -0.39 is 0 Å². The van der Waals surface area contributed by atoms with E-state index in [0.717, 1.165) is 5.56 Å². The quantitative estimate of drug-likeness (QED) is 0.559.